The van der Waals surface area contributed by atoms with E-state index < -0.39 is 0 Å². The Hall–Kier alpha value is -2.54. The van der Waals surface area contributed by atoms with Gasteiger partial charge in [0, 0.05) is 42.9 Å². The van der Waals surface area contributed by atoms with Crippen LogP contribution in [0.1, 0.15) is 22.8 Å². The van der Waals surface area contributed by atoms with Gasteiger partial charge in [0.05, 0.1) is 0 Å². The Morgan fingerprint density at radius 2 is 1.83 bits per heavy atom. The number of rotatable bonds is 4. The summed E-state index contributed by atoms with van der Waals surface area (Å²) < 4.78 is 13.2. The van der Waals surface area contributed by atoms with Gasteiger partial charge in [-0.1, -0.05) is 24.3 Å². The second-order valence-corrected chi connectivity index (χ2v) is 9.03. The zero-order valence-corrected chi connectivity index (χ0v) is 17.9. The van der Waals surface area contributed by atoms with Gasteiger partial charge in [-0.15, -0.1) is 0 Å². The summed E-state index contributed by atoms with van der Waals surface area (Å²) in [6.07, 6.45) is 0.914. The molecule has 2 aromatic rings. The second kappa shape index (κ2) is 9.08. The van der Waals surface area contributed by atoms with Gasteiger partial charge in [-0.2, -0.15) is 11.8 Å². The average Bonchev–Trinajstić information content (AvgIpc) is 2.95. The highest BCUT2D eigenvalue weighted by Crippen LogP contribution is 2.36. The Bertz CT molecular complexity index is 921. The maximum atomic E-state index is 13.2. The van der Waals surface area contributed by atoms with E-state index in [1.807, 2.05) is 16.7 Å². The van der Waals surface area contributed by atoms with Crippen molar-refractivity contribution in [2.24, 2.45) is 0 Å². The molecule has 0 N–H and O–H groups in total. The van der Waals surface area contributed by atoms with Gasteiger partial charge in [-0.3, -0.25) is 9.69 Å². The normalized spacial score (nSPS) is 19.9. The minimum absolute atomic E-state index is 0.00432. The minimum atomic E-state index is -0.333. The van der Waals surface area contributed by atoms with Crippen molar-refractivity contribution in [3.63, 3.8) is 0 Å². The largest absolute Gasteiger partial charge is 0.340 e. The van der Waals surface area contributed by atoms with Crippen molar-refractivity contribution in [3.8, 4) is 0 Å². The highest BCUT2D eigenvalue weighted by atomic mass is 32.2. The van der Waals surface area contributed by atoms with Crippen LogP contribution in [0.3, 0.4) is 0 Å². The van der Waals surface area contributed by atoms with E-state index in [2.05, 4.69) is 31.2 Å². The van der Waals surface area contributed by atoms with Gasteiger partial charge in [0.15, 0.2) is 0 Å². The van der Waals surface area contributed by atoms with Crippen LogP contribution in [0.25, 0.3) is 0 Å². The zero-order chi connectivity index (χ0) is 21.1. The van der Waals surface area contributed by atoms with E-state index in [9.17, 15) is 14.0 Å². The molecule has 5 nitrogen and oxygen atoms in total. The van der Waals surface area contributed by atoms with Crippen molar-refractivity contribution in [1.82, 2.24) is 9.80 Å². The van der Waals surface area contributed by atoms with Crippen molar-refractivity contribution in [1.29, 1.82) is 0 Å². The van der Waals surface area contributed by atoms with E-state index in [0.717, 1.165) is 12.2 Å². The fraction of sp³-hybridized carbons (Fsp3) is 0.391. The number of carbonyl (C=O) groups is 2. The minimum Gasteiger partial charge on any atom is -0.340 e. The average molecular weight is 428 g/mol. The topological polar surface area (TPSA) is 43.9 Å². The lowest BCUT2D eigenvalue weighted by molar-refractivity contribution is -0.131. The fourth-order valence-electron chi connectivity index (χ4n) is 4.07. The molecule has 7 heteroatoms. The van der Waals surface area contributed by atoms with Crippen molar-refractivity contribution >= 4 is 29.4 Å². The molecule has 4 rings (SSSR count). The van der Waals surface area contributed by atoms with Crippen LogP contribution in [0.2, 0.25) is 0 Å². The molecule has 1 unspecified atom stereocenters. The number of carbonyl (C=O) groups excluding carboxylic acids is 2. The molecule has 2 aliphatic rings. The van der Waals surface area contributed by atoms with Gasteiger partial charge in [-0.25, -0.2) is 9.18 Å². The smallest absolute Gasteiger partial charge is 0.325 e. The van der Waals surface area contributed by atoms with Gasteiger partial charge in [0.1, 0.15) is 12.4 Å². The summed E-state index contributed by atoms with van der Waals surface area (Å²) in [7, 11) is 0. The molecular formula is C23H26FN3O2S. The van der Waals surface area contributed by atoms with Crippen molar-refractivity contribution in [3.05, 3.63) is 65.5 Å². The predicted octanol–water partition coefficient (Wildman–Crippen LogP) is 4.08. The molecule has 0 saturated carbocycles. The first kappa shape index (κ1) is 20.7. The summed E-state index contributed by atoms with van der Waals surface area (Å²) in [6, 6.07) is 14.1. The molecule has 0 aromatic heterocycles. The molecule has 0 bridgehead atoms. The van der Waals surface area contributed by atoms with Crippen LogP contribution in [0, 0.1) is 12.7 Å². The lowest BCUT2D eigenvalue weighted by Gasteiger charge is -2.24. The molecule has 1 atom stereocenters. The molecule has 0 spiro atoms. The Kier molecular flexibility index (Phi) is 6.27. The Labute approximate surface area is 180 Å². The van der Waals surface area contributed by atoms with Gasteiger partial charge in [0.2, 0.25) is 5.91 Å². The molecule has 2 aliphatic heterocycles. The fourth-order valence-corrected chi connectivity index (χ4v) is 5.40. The molecule has 2 heterocycles. The summed E-state index contributed by atoms with van der Waals surface area (Å²) in [5, 5.41) is 0.395. The van der Waals surface area contributed by atoms with Crippen LogP contribution >= 0.6 is 11.8 Å². The van der Waals surface area contributed by atoms with Crippen molar-refractivity contribution in [2.75, 3.05) is 43.4 Å². The van der Waals surface area contributed by atoms with Crippen LogP contribution < -0.4 is 4.90 Å². The maximum absolute atomic E-state index is 13.2. The molecule has 30 heavy (non-hydrogen) atoms. The summed E-state index contributed by atoms with van der Waals surface area (Å²) in [5.74, 6) is 0.552. The lowest BCUT2D eigenvalue weighted by Crippen LogP contribution is -2.43. The molecular weight excluding hydrogens is 401 g/mol. The van der Waals surface area contributed by atoms with E-state index in [4.69, 9.17) is 0 Å². The summed E-state index contributed by atoms with van der Waals surface area (Å²) in [5.41, 5.74) is 3.29. The molecule has 0 aliphatic carbocycles. The number of halogens is 1. The van der Waals surface area contributed by atoms with Crippen LogP contribution in [-0.2, 0) is 4.79 Å². The first-order chi connectivity index (χ1) is 14.5. The molecule has 2 saturated heterocycles. The number of benzene rings is 2. The first-order valence-electron chi connectivity index (χ1n) is 10.3. The zero-order valence-electron chi connectivity index (χ0n) is 17.1. The number of hydrogen-bond acceptors (Lipinski definition) is 3. The summed E-state index contributed by atoms with van der Waals surface area (Å²) in [6.45, 7) is 4.63. The van der Waals surface area contributed by atoms with Crippen LogP contribution in [0.15, 0.2) is 48.5 Å². The standard InChI is InChI=1S/C23H26FN3O2S/c1-17-4-2-3-5-20(17)21-10-11-25(14-15-30-21)22(28)16-26-12-13-27(23(26)29)19-8-6-18(24)7-9-19/h2-9,21H,10-16H2,1H3. The first-order valence-corrected chi connectivity index (χ1v) is 11.3. The number of anilines is 1. The Morgan fingerprint density at radius 3 is 2.60 bits per heavy atom. The van der Waals surface area contributed by atoms with E-state index in [-0.39, 0.29) is 24.3 Å². The quantitative estimate of drug-likeness (QED) is 0.739. The number of aryl methyl sites for hydroxylation is 1. The molecule has 3 amide bonds. The third-order valence-electron chi connectivity index (χ3n) is 5.79. The Morgan fingerprint density at radius 1 is 1.07 bits per heavy atom. The van der Waals surface area contributed by atoms with Gasteiger partial charge >= 0.3 is 6.03 Å². The van der Waals surface area contributed by atoms with E-state index in [0.29, 0.717) is 37.1 Å². The van der Waals surface area contributed by atoms with Gasteiger partial charge < -0.3 is 9.80 Å². The molecule has 2 aromatic carbocycles. The maximum Gasteiger partial charge on any atom is 0.325 e. The number of amides is 3. The molecule has 158 valence electrons. The summed E-state index contributed by atoms with van der Waals surface area (Å²) >= 11 is 1.90. The van der Waals surface area contributed by atoms with Crippen LogP contribution in [0.4, 0.5) is 14.9 Å². The highest BCUT2D eigenvalue weighted by molar-refractivity contribution is 7.99. The van der Waals surface area contributed by atoms with E-state index in [1.165, 1.54) is 23.3 Å². The molecule has 2 fully saturated rings. The second-order valence-electron chi connectivity index (χ2n) is 7.72. The van der Waals surface area contributed by atoms with Crippen molar-refractivity contribution < 1.29 is 14.0 Å². The van der Waals surface area contributed by atoms with E-state index >= 15 is 0 Å². The SMILES string of the molecule is Cc1ccccc1C1CCN(C(=O)CN2CCN(c3ccc(F)cc3)C2=O)CCS1. The third kappa shape index (κ3) is 4.46. The lowest BCUT2D eigenvalue weighted by atomic mass is 10.0. The number of urea groups is 1. The number of hydrogen-bond donors (Lipinski definition) is 0. The Balaban J connectivity index is 1.34. The van der Waals surface area contributed by atoms with Crippen LogP contribution in [0.5, 0.6) is 0 Å². The van der Waals surface area contributed by atoms with Crippen molar-refractivity contribution in [2.45, 2.75) is 18.6 Å². The number of thioether (sulfide) groups is 1. The van der Waals surface area contributed by atoms with Crippen LogP contribution in [-0.4, -0.2) is 60.2 Å². The monoisotopic (exact) mass is 427 g/mol. The molecule has 0 radical (unpaired) electrons. The van der Waals surface area contributed by atoms with Gasteiger partial charge in [-0.05, 0) is 48.7 Å². The van der Waals surface area contributed by atoms with Gasteiger partial charge in [0.25, 0.3) is 0 Å². The number of nitrogens with zero attached hydrogens (tertiary/aromatic N) is 3. The predicted molar refractivity (Wildman–Crippen MR) is 118 cm³/mol. The summed E-state index contributed by atoms with van der Waals surface area (Å²) in [4.78, 5) is 30.7. The highest BCUT2D eigenvalue weighted by Gasteiger charge is 2.32. The third-order valence-corrected chi connectivity index (χ3v) is 7.10. The van der Waals surface area contributed by atoms with E-state index in [1.54, 1.807) is 21.9 Å².